The molecule has 2 aromatic rings. The number of aromatic nitrogens is 1. The average molecular weight is 289 g/mol. The zero-order chi connectivity index (χ0) is 14.4. The molecule has 98 valence electrons. The fourth-order valence-electron chi connectivity index (χ4n) is 1.47. The number of nitro groups is 1. The summed E-state index contributed by atoms with van der Waals surface area (Å²) in [6.07, 6.45) is -4.82. The van der Waals surface area contributed by atoms with E-state index in [1.54, 1.807) is 0 Å². The summed E-state index contributed by atoms with van der Waals surface area (Å²) in [7, 11) is 0. The zero-order valence-corrected chi connectivity index (χ0v) is 9.58. The molecular formula is C9H2F3N3O3S. The van der Waals surface area contributed by atoms with E-state index in [1.165, 1.54) is 6.07 Å². The van der Waals surface area contributed by atoms with Crippen molar-refractivity contribution < 1.29 is 22.8 Å². The van der Waals surface area contributed by atoms with Gasteiger partial charge in [0.25, 0.3) is 5.69 Å². The number of rotatable bonds is 1. The highest BCUT2D eigenvalue weighted by Gasteiger charge is 2.36. The van der Waals surface area contributed by atoms with Gasteiger partial charge in [0.15, 0.2) is 10.8 Å². The number of hydrogen-bond acceptors (Lipinski definition) is 5. The van der Waals surface area contributed by atoms with Gasteiger partial charge < -0.3 is 5.21 Å². The summed E-state index contributed by atoms with van der Waals surface area (Å²) >= 11 is 0.479. The Morgan fingerprint density at radius 1 is 1.42 bits per heavy atom. The van der Waals surface area contributed by atoms with Crippen LogP contribution in [0.15, 0.2) is 12.1 Å². The van der Waals surface area contributed by atoms with Crippen LogP contribution in [-0.4, -0.2) is 4.92 Å². The molecule has 0 fully saturated rings. The average Bonchev–Trinajstić information content (AvgIpc) is 2.64. The topological polar surface area (TPSA) is 93.9 Å². The molecule has 19 heavy (non-hydrogen) atoms. The van der Waals surface area contributed by atoms with Crippen LogP contribution in [0, 0.1) is 26.7 Å². The number of nitro benzene ring substituents is 1. The highest BCUT2D eigenvalue weighted by molar-refractivity contribution is 7.19. The number of hydrogen-bond donors (Lipinski definition) is 0. The van der Waals surface area contributed by atoms with Crippen LogP contribution < -0.4 is 4.73 Å². The van der Waals surface area contributed by atoms with Crippen molar-refractivity contribution >= 4 is 27.2 Å². The maximum atomic E-state index is 12.6. The second-order valence-electron chi connectivity index (χ2n) is 3.41. The highest BCUT2D eigenvalue weighted by atomic mass is 32.1. The van der Waals surface area contributed by atoms with Crippen molar-refractivity contribution in [2.45, 2.75) is 6.18 Å². The predicted molar refractivity (Wildman–Crippen MR) is 57.2 cm³/mol. The van der Waals surface area contributed by atoms with E-state index in [0.717, 1.165) is 0 Å². The molecule has 0 unspecified atom stereocenters. The Bertz CT molecular complexity index is 732. The molecule has 6 nitrogen and oxygen atoms in total. The molecule has 0 aliphatic heterocycles. The van der Waals surface area contributed by atoms with Crippen LogP contribution in [-0.2, 0) is 6.18 Å². The Hall–Kier alpha value is -2.41. The second kappa shape index (κ2) is 4.06. The van der Waals surface area contributed by atoms with Gasteiger partial charge in [0.1, 0.15) is 0 Å². The minimum atomic E-state index is -4.82. The van der Waals surface area contributed by atoms with Crippen molar-refractivity contribution in [2.75, 3.05) is 0 Å². The molecule has 1 heterocycles. The van der Waals surface area contributed by atoms with Crippen molar-refractivity contribution in [2.24, 2.45) is 0 Å². The molecule has 0 saturated heterocycles. The third-order valence-electron chi connectivity index (χ3n) is 2.27. The van der Waals surface area contributed by atoms with Gasteiger partial charge in [-0.15, -0.1) is 4.73 Å². The number of thiazole rings is 1. The smallest absolute Gasteiger partial charge is 0.416 e. The Labute approximate surface area is 106 Å². The van der Waals surface area contributed by atoms with Gasteiger partial charge in [-0.05, 0) is 11.3 Å². The summed E-state index contributed by atoms with van der Waals surface area (Å²) in [6.45, 7) is 0. The fourth-order valence-corrected chi connectivity index (χ4v) is 2.37. The van der Waals surface area contributed by atoms with E-state index >= 15 is 0 Å². The number of nitriles is 1. The maximum absolute atomic E-state index is 12.6. The van der Waals surface area contributed by atoms with E-state index in [0.29, 0.717) is 23.5 Å². The Morgan fingerprint density at radius 3 is 2.53 bits per heavy atom. The normalized spacial score (nSPS) is 11.5. The minimum Gasteiger partial charge on any atom is -0.617 e. The lowest BCUT2D eigenvalue weighted by atomic mass is 10.2. The van der Waals surface area contributed by atoms with Gasteiger partial charge in [0.05, 0.1) is 10.5 Å². The second-order valence-corrected chi connectivity index (χ2v) is 4.41. The number of fused-ring (bicyclic) bond motifs is 1. The molecule has 0 aliphatic rings. The highest BCUT2D eigenvalue weighted by Crippen LogP contribution is 2.37. The van der Waals surface area contributed by atoms with Crippen molar-refractivity contribution in [3.05, 3.63) is 38.0 Å². The summed E-state index contributed by atoms with van der Waals surface area (Å²) in [5.41, 5.74) is -2.69. The summed E-state index contributed by atoms with van der Waals surface area (Å²) in [5, 5.41) is 30.4. The SMILES string of the molecule is N#Cc1sc2c([N+](=O)[O-])cc(C(F)(F)F)cc2[n+]1[O-]. The summed E-state index contributed by atoms with van der Waals surface area (Å²) in [4.78, 5) is 9.74. The van der Waals surface area contributed by atoms with Crippen LogP contribution in [0.5, 0.6) is 0 Å². The van der Waals surface area contributed by atoms with E-state index in [1.807, 2.05) is 0 Å². The first-order chi connectivity index (χ1) is 8.75. The van der Waals surface area contributed by atoms with Crippen molar-refractivity contribution in [3.63, 3.8) is 0 Å². The van der Waals surface area contributed by atoms with Gasteiger partial charge in [-0.25, -0.2) is 0 Å². The van der Waals surface area contributed by atoms with Crippen LogP contribution in [0.4, 0.5) is 18.9 Å². The van der Waals surface area contributed by atoms with Gasteiger partial charge in [-0.3, -0.25) is 10.1 Å². The molecule has 0 amide bonds. The van der Waals surface area contributed by atoms with Crippen LogP contribution >= 0.6 is 11.3 Å². The lowest BCUT2D eigenvalue weighted by Gasteiger charge is -2.05. The summed E-state index contributed by atoms with van der Waals surface area (Å²) < 4.78 is 37.5. The molecule has 1 aromatic carbocycles. The summed E-state index contributed by atoms with van der Waals surface area (Å²) in [5.74, 6) is 0. The van der Waals surface area contributed by atoms with E-state index in [2.05, 4.69) is 0 Å². The molecule has 0 saturated carbocycles. The Balaban J connectivity index is 2.91. The number of nitrogens with zero attached hydrogens (tertiary/aromatic N) is 3. The lowest BCUT2D eigenvalue weighted by molar-refractivity contribution is -0.575. The van der Waals surface area contributed by atoms with Gasteiger partial charge in [-0.2, -0.15) is 18.4 Å². The Kier molecular flexibility index (Phi) is 2.78. The molecule has 0 spiro atoms. The summed E-state index contributed by atoms with van der Waals surface area (Å²) in [6, 6.07) is 2.31. The number of non-ortho nitro benzene ring substituents is 1. The van der Waals surface area contributed by atoms with Gasteiger partial charge in [-0.1, -0.05) is 0 Å². The molecule has 0 N–H and O–H groups in total. The van der Waals surface area contributed by atoms with Crippen LogP contribution in [0.1, 0.15) is 10.6 Å². The first kappa shape index (κ1) is 13.0. The van der Waals surface area contributed by atoms with Gasteiger partial charge >= 0.3 is 11.2 Å². The van der Waals surface area contributed by atoms with E-state index in [9.17, 15) is 28.5 Å². The molecule has 10 heteroatoms. The van der Waals surface area contributed by atoms with E-state index in [4.69, 9.17) is 5.26 Å². The number of halogens is 3. The lowest BCUT2D eigenvalue weighted by Crippen LogP contribution is -2.27. The van der Waals surface area contributed by atoms with Crippen LogP contribution in [0.2, 0.25) is 0 Å². The fraction of sp³-hybridized carbons (Fsp3) is 0.111. The quantitative estimate of drug-likeness (QED) is 0.348. The number of alkyl halides is 3. The first-order valence-electron chi connectivity index (χ1n) is 4.57. The third-order valence-corrected chi connectivity index (χ3v) is 3.34. The number of benzene rings is 1. The predicted octanol–water partition coefficient (Wildman–Crippen LogP) is 2.33. The Morgan fingerprint density at radius 2 is 2.05 bits per heavy atom. The van der Waals surface area contributed by atoms with Crippen molar-refractivity contribution in [1.29, 1.82) is 5.26 Å². The van der Waals surface area contributed by atoms with Crippen LogP contribution in [0.25, 0.3) is 10.2 Å². The molecule has 2 rings (SSSR count). The van der Waals surface area contributed by atoms with Crippen LogP contribution in [0.3, 0.4) is 0 Å². The van der Waals surface area contributed by atoms with E-state index in [-0.39, 0.29) is 9.43 Å². The molecule has 0 aliphatic carbocycles. The largest absolute Gasteiger partial charge is 0.617 e. The van der Waals surface area contributed by atoms with Crippen molar-refractivity contribution in [3.8, 4) is 6.07 Å². The van der Waals surface area contributed by atoms with Gasteiger partial charge in [0, 0.05) is 12.1 Å². The van der Waals surface area contributed by atoms with Gasteiger partial charge in [0.2, 0.25) is 5.52 Å². The third kappa shape index (κ3) is 2.04. The standard InChI is InChI=1S/C9H2F3N3O3S/c10-9(11,12)4-1-5-8(6(2-4)15(17)18)19-7(3-13)14(5)16/h1-2H. The molecule has 1 aromatic heterocycles. The molecular weight excluding hydrogens is 287 g/mol. The molecule has 0 bridgehead atoms. The first-order valence-corrected chi connectivity index (χ1v) is 5.39. The maximum Gasteiger partial charge on any atom is 0.416 e. The van der Waals surface area contributed by atoms with Crippen molar-refractivity contribution in [1.82, 2.24) is 0 Å². The van der Waals surface area contributed by atoms with E-state index < -0.39 is 32.9 Å². The molecule has 0 radical (unpaired) electrons. The minimum absolute atomic E-state index is 0.0394. The molecule has 0 atom stereocenters. The zero-order valence-electron chi connectivity index (χ0n) is 8.76. The monoisotopic (exact) mass is 289 g/mol.